The van der Waals surface area contributed by atoms with Gasteiger partial charge in [-0.15, -0.1) is 23.2 Å². The van der Waals surface area contributed by atoms with E-state index < -0.39 is 15.7 Å². The van der Waals surface area contributed by atoms with E-state index in [-0.39, 0.29) is 12.4 Å². The minimum Gasteiger partial charge on any atom is -0.457 e. The number of hydrogen-bond donors (Lipinski definition) is 0. The molecule has 0 radical (unpaired) electrons. The van der Waals surface area contributed by atoms with Gasteiger partial charge in [0.25, 0.3) is 0 Å². The van der Waals surface area contributed by atoms with E-state index in [1.54, 1.807) is 6.92 Å². The topological polar surface area (TPSA) is 48.3 Å². The number of ketones is 1. The van der Waals surface area contributed by atoms with Crippen molar-refractivity contribution in [1.29, 1.82) is 0 Å². The summed E-state index contributed by atoms with van der Waals surface area (Å²) in [6.45, 7) is 5.31. The quantitative estimate of drug-likeness (QED) is 0.464. The molecule has 2 saturated carbocycles. The van der Waals surface area contributed by atoms with Crippen molar-refractivity contribution in [3.8, 4) is 0 Å². The number of nitrogens with zero attached hydrogens (tertiary/aromatic N) is 1. The molecule has 1 aromatic heterocycles. The second kappa shape index (κ2) is 5.00. The third kappa shape index (κ3) is 2.46. The predicted molar refractivity (Wildman–Crippen MR) is 84.6 cm³/mol. The monoisotopic (exact) mass is 343 g/mol. The van der Waals surface area contributed by atoms with Crippen molar-refractivity contribution in [2.45, 2.75) is 50.4 Å². The SMILES string of the molecule is Cc1cc(C(=O)COC(=O)C2(C)CC2(Cl)Cl)c(C)n1C1CC1. The van der Waals surface area contributed by atoms with Crippen LogP contribution in [0.3, 0.4) is 0 Å². The molecule has 0 bridgehead atoms. The molecule has 1 unspecified atom stereocenters. The minimum atomic E-state index is -1.07. The van der Waals surface area contributed by atoms with Crippen molar-refractivity contribution < 1.29 is 14.3 Å². The summed E-state index contributed by atoms with van der Waals surface area (Å²) in [6.07, 6.45) is 2.67. The van der Waals surface area contributed by atoms with Crippen LogP contribution in [0.5, 0.6) is 0 Å². The van der Waals surface area contributed by atoms with E-state index >= 15 is 0 Å². The maximum Gasteiger partial charge on any atom is 0.315 e. The van der Waals surface area contributed by atoms with E-state index in [1.807, 2.05) is 19.9 Å². The number of esters is 1. The van der Waals surface area contributed by atoms with Gasteiger partial charge in [0.05, 0.1) is 0 Å². The summed E-state index contributed by atoms with van der Waals surface area (Å²) in [6, 6.07) is 2.39. The third-order valence-electron chi connectivity index (χ3n) is 4.74. The first-order valence-electron chi connectivity index (χ1n) is 7.44. The molecule has 6 heteroatoms. The van der Waals surface area contributed by atoms with Gasteiger partial charge in [-0.05, 0) is 39.7 Å². The Morgan fingerprint density at radius 3 is 2.45 bits per heavy atom. The molecule has 0 aromatic carbocycles. The summed E-state index contributed by atoms with van der Waals surface area (Å²) < 4.78 is 6.25. The molecule has 3 rings (SSSR count). The van der Waals surface area contributed by atoms with Crippen LogP contribution in [0, 0.1) is 19.3 Å². The summed E-state index contributed by atoms with van der Waals surface area (Å²) >= 11 is 11.9. The highest BCUT2D eigenvalue weighted by Crippen LogP contribution is 2.64. The van der Waals surface area contributed by atoms with E-state index in [0.717, 1.165) is 24.2 Å². The second-order valence-electron chi connectivity index (χ2n) is 6.60. The molecule has 2 aliphatic rings. The Bertz CT molecular complexity index is 661. The molecule has 0 aliphatic heterocycles. The molecule has 0 spiro atoms. The standard InChI is InChI=1S/C16H19Cl2NO3/c1-9-6-12(10(2)19(9)11-4-5-11)13(20)7-22-14(21)15(3)8-16(15,17)18/h6,11H,4-5,7-8H2,1-3H3. The van der Waals surface area contributed by atoms with Crippen LogP contribution in [-0.2, 0) is 9.53 Å². The molecule has 0 saturated heterocycles. The Balaban J connectivity index is 1.66. The number of aryl methyl sites for hydroxylation is 1. The molecule has 2 aliphatic carbocycles. The van der Waals surface area contributed by atoms with Crippen molar-refractivity contribution in [3.05, 3.63) is 23.0 Å². The fraction of sp³-hybridized carbons (Fsp3) is 0.625. The van der Waals surface area contributed by atoms with Gasteiger partial charge in [-0.1, -0.05) is 0 Å². The molecule has 0 amide bonds. The summed E-state index contributed by atoms with van der Waals surface area (Å²) in [4.78, 5) is 24.3. The van der Waals surface area contributed by atoms with E-state index in [1.165, 1.54) is 0 Å². The van der Waals surface area contributed by atoms with Gasteiger partial charge in [0, 0.05) is 29.4 Å². The van der Waals surface area contributed by atoms with Crippen molar-refractivity contribution in [2.24, 2.45) is 5.41 Å². The molecule has 4 nitrogen and oxygen atoms in total. The number of aromatic nitrogens is 1. The second-order valence-corrected chi connectivity index (χ2v) is 8.08. The van der Waals surface area contributed by atoms with Crippen LogP contribution in [0.2, 0.25) is 0 Å². The lowest BCUT2D eigenvalue weighted by molar-refractivity contribution is -0.148. The largest absolute Gasteiger partial charge is 0.457 e. The number of carbonyl (C=O) groups is 2. The number of Topliss-reactive ketones (excluding diaryl/α,β-unsaturated/α-hetero) is 1. The maximum absolute atomic E-state index is 12.3. The van der Waals surface area contributed by atoms with Gasteiger partial charge in [-0.2, -0.15) is 0 Å². The number of halogens is 2. The van der Waals surface area contributed by atoms with Gasteiger partial charge in [-0.3, -0.25) is 9.59 Å². The number of alkyl halides is 2. The van der Waals surface area contributed by atoms with Gasteiger partial charge in [0.1, 0.15) is 9.75 Å². The Kier molecular flexibility index (Phi) is 3.61. The number of rotatable bonds is 5. The van der Waals surface area contributed by atoms with Gasteiger partial charge in [0.2, 0.25) is 5.78 Å². The zero-order chi connectivity index (χ0) is 16.3. The van der Waals surface area contributed by atoms with Gasteiger partial charge in [-0.25, -0.2) is 0 Å². The van der Waals surface area contributed by atoms with Crippen molar-refractivity contribution >= 4 is 35.0 Å². The van der Waals surface area contributed by atoms with Crippen molar-refractivity contribution in [1.82, 2.24) is 4.57 Å². The van der Waals surface area contributed by atoms with E-state index in [0.29, 0.717) is 18.0 Å². The molecule has 1 heterocycles. The maximum atomic E-state index is 12.3. The summed E-state index contributed by atoms with van der Waals surface area (Å²) in [5.74, 6) is -0.700. The summed E-state index contributed by atoms with van der Waals surface area (Å²) in [5, 5.41) is 0. The van der Waals surface area contributed by atoms with Crippen molar-refractivity contribution in [3.63, 3.8) is 0 Å². The van der Waals surface area contributed by atoms with Gasteiger partial charge >= 0.3 is 5.97 Å². The normalized spacial score (nSPS) is 25.9. The molecular weight excluding hydrogens is 325 g/mol. The first kappa shape index (κ1) is 15.9. The number of hydrogen-bond acceptors (Lipinski definition) is 3. The highest BCUT2D eigenvalue weighted by atomic mass is 35.5. The molecule has 0 N–H and O–H groups in total. The molecule has 120 valence electrons. The number of carbonyl (C=O) groups excluding carboxylic acids is 2. The molecular formula is C16H19Cl2NO3. The van der Waals surface area contributed by atoms with Crippen LogP contribution in [0.25, 0.3) is 0 Å². The highest BCUT2D eigenvalue weighted by molar-refractivity contribution is 6.53. The van der Waals surface area contributed by atoms with Gasteiger partial charge < -0.3 is 9.30 Å². The minimum absolute atomic E-state index is 0.188. The Morgan fingerprint density at radius 2 is 1.95 bits per heavy atom. The van der Waals surface area contributed by atoms with Crippen LogP contribution < -0.4 is 0 Å². The molecule has 2 fully saturated rings. The van der Waals surface area contributed by atoms with Crippen LogP contribution in [0.1, 0.15) is 54.0 Å². The Labute approximate surface area is 139 Å². The predicted octanol–water partition coefficient (Wildman–Crippen LogP) is 3.75. The molecule has 1 aromatic rings. The first-order chi connectivity index (χ1) is 10.2. The lowest BCUT2D eigenvalue weighted by Crippen LogP contribution is -2.24. The average Bonchev–Trinajstić information content (AvgIpc) is 3.30. The molecule has 1 atom stereocenters. The Morgan fingerprint density at radius 1 is 1.36 bits per heavy atom. The first-order valence-corrected chi connectivity index (χ1v) is 8.19. The number of ether oxygens (including phenoxy) is 1. The van der Waals surface area contributed by atoms with Gasteiger partial charge in [0.15, 0.2) is 6.61 Å². The van der Waals surface area contributed by atoms with Crippen LogP contribution in [0.4, 0.5) is 0 Å². The van der Waals surface area contributed by atoms with Crippen molar-refractivity contribution in [2.75, 3.05) is 6.61 Å². The fourth-order valence-electron chi connectivity index (χ4n) is 2.94. The zero-order valence-electron chi connectivity index (χ0n) is 12.9. The fourth-order valence-corrected chi connectivity index (χ4v) is 3.63. The lowest BCUT2D eigenvalue weighted by atomic mass is 10.1. The van der Waals surface area contributed by atoms with E-state index in [2.05, 4.69) is 4.57 Å². The smallest absolute Gasteiger partial charge is 0.315 e. The highest BCUT2D eigenvalue weighted by Gasteiger charge is 2.69. The van der Waals surface area contributed by atoms with Crippen LogP contribution in [0.15, 0.2) is 6.07 Å². The Hall–Kier alpha value is -1.000. The average molecular weight is 344 g/mol. The zero-order valence-corrected chi connectivity index (χ0v) is 14.4. The van der Waals surface area contributed by atoms with E-state index in [9.17, 15) is 9.59 Å². The van der Waals surface area contributed by atoms with E-state index in [4.69, 9.17) is 27.9 Å². The molecule has 22 heavy (non-hydrogen) atoms. The summed E-state index contributed by atoms with van der Waals surface area (Å²) in [5.41, 5.74) is 1.75. The van der Waals surface area contributed by atoms with Crippen LogP contribution >= 0.6 is 23.2 Å². The lowest BCUT2D eigenvalue weighted by Gasteiger charge is -2.11. The summed E-state index contributed by atoms with van der Waals surface area (Å²) in [7, 11) is 0. The third-order valence-corrected chi connectivity index (χ3v) is 5.84. The van der Waals surface area contributed by atoms with Crippen LogP contribution in [-0.4, -0.2) is 27.3 Å².